The summed E-state index contributed by atoms with van der Waals surface area (Å²) >= 11 is 5.94. The highest BCUT2D eigenvalue weighted by Crippen LogP contribution is 2.23. The normalized spacial score (nSPS) is 11.8. The second-order valence-electron chi connectivity index (χ2n) is 9.44. The third-order valence-corrected chi connectivity index (χ3v) is 8.64. The van der Waals surface area contributed by atoms with E-state index in [-0.39, 0.29) is 11.4 Å². The third-order valence-electron chi connectivity index (χ3n) is 6.58. The second kappa shape index (κ2) is 12.0. The van der Waals surface area contributed by atoms with Crippen LogP contribution in [0.25, 0.3) is 5.69 Å². The van der Waals surface area contributed by atoms with E-state index in [9.17, 15) is 13.2 Å². The molecule has 0 radical (unpaired) electrons. The summed E-state index contributed by atoms with van der Waals surface area (Å²) in [7, 11) is -3.98. The Bertz CT molecular complexity index is 1610. The quantitative estimate of drug-likeness (QED) is 0.210. The molecular formula is C30H31ClN4O3S. The Balaban J connectivity index is 1.51. The summed E-state index contributed by atoms with van der Waals surface area (Å²) in [6.07, 6.45) is 1.58. The number of benzene rings is 3. The second-order valence-corrected chi connectivity index (χ2v) is 11.8. The molecule has 0 saturated heterocycles. The van der Waals surface area contributed by atoms with E-state index in [4.69, 9.17) is 11.6 Å². The first-order valence-electron chi connectivity index (χ1n) is 12.4. The first kappa shape index (κ1) is 28.3. The van der Waals surface area contributed by atoms with Gasteiger partial charge in [-0.05, 0) is 86.8 Å². The Kier molecular flexibility index (Phi) is 8.70. The van der Waals surface area contributed by atoms with E-state index < -0.39 is 22.5 Å². The van der Waals surface area contributed by atoms with Crippen LogP contribution in [0.15, 0.2) is 88.9 Å². The van der Waals surface area contributed by atoms with Gasteiger partial charge in [-0.25, -0.2) is 13.8 Å². The number of amides is 1. The average molecular weight is 563 g/mol. The average Bonchev–Trinajstić information content (AvgIpc) is 3.18. The molecule has 3 aromatic carbocycles. The number of hydrazone groups is 1. The fourth-order valence-electron chi connectivity index (χ4n) is 4.32. The monoisotopic (exact) mass is 562 g/mol. The maximum Gasteiger partial charge on any atom is 0.255 e. The number of hydrogen-bond acceptors (Lipinski definition) is 4. The molecule has 0 saturated carbocycles. The number of nitrogens with one attached hydrogen (secondary N) is 1. The molecule has 0 atom stereocenters. The first-order valence-corrected chi connectivity index (χ1v) is 14.3. The van der Waals surface area contributed by atoms with Crippen LogP contribution in [-0.4, -0.2) is 36.0 Å². The lowest BCUT2D eigenvalue weighted by molar-refractivity contribution is -0.121. The van der Waals surface area contributed by atoms with E-state index in [1.807, 2.05) is 50.2 Å². The molecule has 9 heteroatoms. The molecule has 1 N–H and O–H groups in total. The van der Waals surface area contributed by atoms with Crippen LogP contribution in [0.2, 0.25) is 5.02 Å². The fourth-order valence-corrected chi connectivity index (χ4v) is 5.83. The van der Waals surface area contributed by atoms with Crippen molar-refractivity contribution in [3.63, 3.8) is 0 Å². The van der Waals surface area contributed by atoms with Crippen LogP contribution in [0, 0.1) is 27.7 Å². The van der Waals surface area contributed by atoms with Gasteiger partial charge in [-0.1, -0.05) is 48.0 Å². The minimum absolute atomic E-state index is 0.0278. The van der Waals surface area contributed by atoms with E-state index in [0.717, 1.165) is 32.5 Å². The van der Waals surface area contributed by atoms with Crippen LogP contribution in [0.4, 0.5) is 0 Å². The number of carbonyl (C=O) groups excluding carboxylic acids is 1. The molecule has 0 aliphatic heterocycles. The van der Waals surface area contributed by atoms with Crippen molar-refractivity contribution in [1.29, 1.82) is 0 Å². The molecule has 39 heavy (non-hydrogen) atoms. The van der Waals surface area contributed by atoms with Crippen LogP contribution in [0.1, 0.15) is 33.6 Å². The van der Waals surface area contributed by atoms with E-state index in [0.29, 0.717) is 5.02 Å². The Labute approximate surface area is 234 Å². The van der Waals surface area contributed by atoms with Gasteiger partial charge in [0.15, 0.2) is 0 Å². The van der Waals surface area contributed by atoms with Gasteiger partial charge >= 0.3 is 0 Å². The van der Waals surface area contributed by atoms with Crippen molar-refractivity contribution < 1.29 is 13.2 Å². The van der Waals surface area contributed by atoms with Crippen molar-refractivity contribution in [3.05, 3.63) is 118 Å². The molecule has 0 aliphatic carbocycles. The number of aryl methyl sites for hydroxylation is 3. The van der Waals surface area contributed by atoms with Gasteiger partial charge in [-0.15, -0.1) is 0 Å². The van der Waals surface area contributed by atoms with Crippen molar-refractivity contribution in [2.24, 2.45) is 5.10 Å². The number of hydrogen-bond donors (Lipinski definition) is 1. The minimum atomic E-state index is -3.98. The van der Waals surface area contributed by atoms with Gasteiger partial charge in [-0.2, -0.15) is 9.41 Å². The zero-order valence-electron chi connectivity index (χ0n) is 22.3. The van der Waals surface area contributed by atoms with Crippen LogP contribution in [0.3, 0.4) is 0 Å². The van der Waals surface area contributed by atoms with Crippen molar-refractivity contribution in [2.45, 2.75) is 39.1 Å². The Morgan fingerprint density at radius 1 is 0.949 bits per heavy atom. The van der Waals surface area contributed by atoms with Crippen LogP contribution in [-0.2, 0) is 21.4 Å². The number of carbonyl (C=O) groups is 1. The van der Waals surface area contributed by atoms with Crippen LogP contribution in [0.5, 0.6) is 0 Å². The Morgan fingerprint density at radius 2 is 1.64 bits per heavy atom. The van der Waals surface area contributed by atoms with Crippen molar-refractivity contribution in [1.82, 2.24) is 14.3 Å². The van der Waals surface area contributed by atoms with E-state index in [1.54, 1.807) is 6.21 Å². The zero-order valence-corrected chi connectivity index (χ0v) is 23.9. The highest BCUT2D eigenvalue weighted by molar-refractivity contribution is 7.89. The van der Waals surface area contributed by atoms with Crippen molar-refractivity contribution in [2.75, 3.05) is 6.54 Å². The number of sulfonamides is 1. The summed E-state index contributed by atoms with van der Waals surface area (Å²) in [5.41, 5.74) is 9.59. The predicted octanol–water partition coefficient (Wildman–Crippen LogP) is 5.71. The van der Waals surface area contributed by atoms with Gasteiger partial charge in [0.05, 0.1) is 17.7 Å². The van der Waals surface area contributed by atoms with E-state index >= 15 is 0 Å². The molecule has 1 aromatic heterocycles. The molecule has 7 nitrogen and oxygen atoms in total. The molecule has 1 amide bonds. The van der Waals surface area contributed by atoms with Crippen molar-refractivity contribution >= 4 is 33.7 Å². The summed E-state index contributed by atoms with van der Waals surface area (Å²) in [4.78, 5) is 12.9. The summed E-state index contributed by atoms with van der Waals surface area (Å²) in [6, 6.07) is 23.3. The highest BCUT2D eigenvalue weighted by atomic mass is 35.5. The number of halogens is 1. The lowest BCUT2D eigenvalue weighted by atomic mass is 10.1. The molecule has 4 aromatic rings. The SMILES string of the molecule is Cc1ccc(-n2c(C)cc(/C=N/NC(=O)CN(Cc3ccccc3)S(=O)(=O)c3ccc(Cl)cc3)c2C)cc1C. The molecule has 4 rings (SSSR count). The van der Waals surface area contributed by atoms with Gasteiger partial charge in [0.1, 0.15) is 0 Å². The third kappa shape index (κ3) is 6.65. The van der Waals surface area contributed by atoms with Gasteiger partial charge in [0.2, 0.25) is 10.0 Å². The maximum absolute atomic E-state index is 13.4. The van der Waals surface area contributed by atoms with Crippen molar-refractivity contribution in [3.8, 4) is 5.69 Å². The topological polar surface area (TPSA) is 83.8 Å². The summed E-state index contributed by atoms with van der Waals surface area (Å²) in [5.74, 6) is -0.553. The van der Waals surface area contributed by atoms with Crippen LogP contribution < -0.4 is 5.43 Å². The number of aromatic nitrogens is 1. The highest BCUT2D eigenvalue weighted by Gasteiger charge is 2.27. The van der Waals surface area contributed by atoms with Gasteiger partial charge in [0.25, 0.3) is 5.91 Å². The van der Waals surface area contributed by atoms with E-state index in [1.165, 1.54) is 35.4 Å². The molecule has 0 spiro atoms. The zero-order chi connectivity index (χ0) is 28.2. The summed E-state index contributed by atoms with van der Waals surface area (Å²) in [6.45, 7) is 7.79. The molecule has 0 bridgehead atoms. The van der Waals surface area contributed by atoms with Gasteiger partial charge in [-0.3, -0.25) is 4.79 Å². The molecular weight excluding hydrogens is 532 g/mol. The predicted molar refractivity (Wildman–Crippen MR) is 156 cm³/mol. The lowest BCUT2D eigenvalue weighted by Gasteiger charge is -2.21. The summed E-state index contributed by atoms with van der Waals surface area (Å²) in [5, 5.41) is 4.56. The largest absolute Gasteiger partial charge is 0.318 e. The van der Waals surface area contributed by atoms with Gasteiger partial charge < -0.3 is 4.57 Å². The van der Waals surface area contributed by atoms with Crippen LogP contribution >= 0.6 is 11.6 Å². The number of rotatable bonds is 9. The Morgan fingerprint density at radius 3 is 2.31 bits per heavy atom. The molecule has 0 unspecified atom stereocenters. The minimum Gasteiger partial charge on any atom is -0.318 e. The molecule has 202 valence electrons. The summed E-state index contributed by atoms with van der Waals surface area (Å²) < 4.78 is 30.1. The maximum atomic E-state index is 13.4. The molecule has 1 heterocycles. The standard InChI is InChI=1S/C30H31ClN4O3S/c1-21-10-13-28(16-22(21)2)35-23(3)17-26(24(35)4)18-32-33-30(36)20-34(19-25-8-6-5-7-9-25)39(37,38)29-14-11-27(31)12-15-29/h5-18H,19-20H2,1-4H3,(H,33,36)/b32-18+. The molecule has 0 fully saturated rings. The van der Waals surface area contributed by atoms with E-state index in [2.05, 4.69) is 47.1 Å². The van der Waals surface area contributed by atoms with Gasteiger partial charge in [0, 0.05) is 34.2 Å². The fraction of sp³-hybridized carbons (Fsp3) is 0.200. The smallest absolute Gasteiger partial charge is 0.255 e. The molecule has 0 aliphatic rings. The lowest BCUT2D eigenvalue weighted by Crippen LogP contribution is -2.39. The first-order chi connectivity index (χ1) is 18.6. The Hall–Kier alpha value is -3.72. The number of nitrogens with zero attached hydrogens (tertiary/aromatic N) is 3.